The molecule has 2 atom stereocenters. The number of nitrogens with one attached hydrogen (secondary N) is 1. The van der Waals surface area contributed by atoms with E-state index in [9.17, 15) is 4.79 Å². The molecule has 2 rings (SSSR count). The molecule has 4 heteroatoms. The lowest BCUT2D eigenvalue weighted by Gasteiger charge is -2.28. The van der Waals surface area contributed by atoms with Crippen LogP contribution in [0.4, 0.5) is 4.79 Å². The van der Waals surface area contributed by atoms with E-state index in [0.717, 1.165) is 25.9 Å². The molecule has 1 saturated carbocycles. The highest BCUT2D eigenvalue weighted by atomic mass is 16.5. The number of hydrogen-bond donors (Lipinski definition) is 1. The minimum atomic E-state index is 0.0767. The molecule has 0 aromatic rings. The van der Waals surface area contributed by atoms with Gasteiger partial charge in [0.15, 0.2) is 0 Å². The van der Waals surface area contributed by atoms with Crippen molar-refractivity contribution in [1.29, 1.82) is 0 Å². The maximum absolute atomic E-state index is 11.7. The number of ether oxygens (including phenoxy) is 1. The van der Waals surface area contributed by atoms with Gasteiger partial charge >= 0.3 is 6.03 Å². The number of hydrogen-bond acceptors (Lipinski definition) is 2. The fraction of sp³-hybridized carbons (Fsp3) is 0.929. The maximum atomic E-state index is 11.7. The maximum Gasteiger partial charge on any atom is 0.317 e. The van der Waals surface area contributed by atoms with Crippen LogP contribution < -0.4 is 5.32 Å². The Hall–Kier alpha value is -0.770. The van der Waals surface area contributed by atoms with E-state index in [1.165, 1.54) is 25.7 Å². The number of nitrogens with zero attached hydrogens (tertiary/aromatic N) is 1. The van der Waals surface area contributed by atoms with Crippen molar-refractivity contribution in [3.05, 3.63) is 0 Å². The monoisotopic (exact) mass is 254 g/mol. The van der Waals surface area contributed by atoms with Crippen LogP contribution in [0.25, 0.3) is 0 Å². The van der Waals surface area contributed by atoms with Gasteiger partial charge in [-0.1, -0.05) is 19.8 Å². The van der Waals surface area contributed by atoms with E-state index in [1.54, 1.807) is 0 Å². The van der Waals surface area contributed by atoms with E-state index in [1.807, 2.05) is 4.90 Å². The summed E-state index contributed by atoms with van der Waals surface area (Å²) in [5, 5.41) is 2.94. The minimum Gasteiger partial charge on any atom is -0.376 e. The summed E-state index contributed by atoms with van der Waals surface area (Å²) >= 11 is 0. The largest absolute Gasteiger partial charge is 0.376 e. The average Bonchev–Trinajstić information content (AvgIpc) is 2.90. The van der Waals surface area contributed by atoms with Crippen molar-refractivity contribution < 1.29 is 9.53 Å². The van der Waals surface area contributed by atoms with E-state index < -0.39 is 0 Å². The van der Waals surface area contributed by atoms with E-state index in [2.05, 4.69) is 12.2 Å². The van der Waals surface area contributed by atoms with Gasteiger partial charge in [0.25, 0.3) is 0 Å². The molecular weight excluding hydrogens is 228 g/mol. The Balaban J connectivity index is 1.56. The number of urea groups is 1. The highest BCUT2D eigenvalue weighted by Crippen LogP contribution is 2.25. The zero-order valence-corrected chi connectivity index (χ0v) is 11.5. The molecular formula is C14H26N2O2. The van der Waals surface area contributed by atoms with Crippen LogP contribution in [0.3, 0.4) is 0 Å². The first-order valence-corrected chi connectivity index (χ1v) is 7.42. The van der Waals surface area contributed by atoms with Gasteiger partial charge in [-0.15, -0.1) is 0 Å². The highest BCUT2D eigenvalue weighted by molar-refractivity contribution is 5.74. The van der Waals surface area contributed by atoms with Gasteiger partial charge in [-0.2, -0.15) is 0 Å². The molecule has 2 amide bonds. The smallest absolute Gasteiger partial charge is 0.317 e. The van der Waals surface area contributed by atoms with Gasteiger partial charge in [0.2, 0.25) is 0 Å². The van der Waals surface area contributed by atoms with Crippen LogP contribution in [0.1, 0.15) is 45.4 Å². The second-order valence-corrected chi connectivity index (χ2v) is 5.60. The molecule has 4 nitrogen and oxygen atoms in total. The molecule has 104 valence electrons. The Kier molecular flexibility index (Phi) is 5.29. The third-order valence-electron chi connectivity index (χ3n) is 4.14. The van der Waals surface area contributed by atoms with E-state index in [-0.39, 0.29) is 6.03 Å². The summed E-state index contributed by atoms with van der Waals surface area (Å²) in [5.41, 5.74) is 0. The summed E-state index contributed by atoms with van der Waals surface area (Å²) in [6.07, 6.45) is 7.78. The summed E-state index contributed by atoms with van der Waals surface area (Å²) in [5.74, 6) is 0.674. The molecule has 0 spiro atoms. The number of carbonyl (C=O) groups excluding carboxylic acids is 1. The Labute approximate surface area is 110 Å². The second-order valence-electron chi connectivity index (χ2n) is 5.60. The first kappa shape index (κ1) is 13.7. The number of rotatable bonds is 4. The average molecular weight is 254 g/mol. The number of likely N-dealkylation sites (tertiary alicyclic amines) is 1. The molecule has 0 aromatic carbocycles. The molecule has 1 N–H and O–H groups in total. The zero-order chi connectivity index (χ0) is 12.8. The van der Waals surface area contributed by atoms with Crippen molar-refractivity contribution in [2.45, 2.75) is 51.6 Å². The van der Waals surface area contributed by atoms with Crippen molar-refractivity contribution >= 4 is 6.03 Å². The summed E-state index contributed by atoms with van der Waals surface area (Å²) in [6, 6.07) is 0.0767. The SMILES string of the molecule is C[C@@H]1CCCC[C@@H]1OCCNC(=O)N1CCCC1. The second kappa shape index (κ2) is 6.98. The van der Waals surface area contributed by atoms with Gasteiger partial charge in [-0.3, -0.25) is 0 Å². The molecule has 18 heavy (non-hydrogen) atoms. The van der Waals surface area contributed by atoms with Crippen molar-refractivity contribution in [3.8, 4) is 0 Å². The lowest BCUT2D eigenvalue weighted by molar-refractivity contribution is -0.00266. The molecule has 1 aliphatic heterocycles. The van der Waals surface area contributed by atoms with Crippen molar-refractivity contribution in [3.63, 3.8) is 0 Å². The Morgan fingerprint density at radius 1 is 1.22 bits per heavy atom. The third kappa shape index (κ3) is 3.87. The summed E-state index contributed by atoms with van der Waals surface area (Å²) in [6.45, 7) is 5.37. The molecule has 1 heterocycles. The normalized spacial score (nSPS) is 28.4. The molecule has 0 bridgehead atoms. The van der Waals surface area contributed by atoms with Crippen LogP contribution >= 0.6 is 0 Å². The highest BCUT2D eigenvalue weighted by Gasteiger charge is 2.22. The van der Waals surface area contributed by atoms with Gasteiger partial charge in [0, 0.05) is 19.6 Å². The third-order valence-corrected chi connectivity index (χ3v) is 4.14. The van der Waals surface area contributed by atoms with Crippen LogP contribution in [-0.2, 0) is 4.74 Å². The lowest BCUT2D eigenvalue weighted by Crippen LogP contribution is -2.40. The minimum absolute atomic E-state index is 0.0767. The number of carbonyl (C=O) groups is 1. The summed E-state index contributed by atoms with van der Waals surface area (Å²) < 4.78 is 5.88. The van der Waals surface area contributed by atoms with Gasteiger partial charge < -0.3 is 15.0 Å². The molecule has 0 unspecified atom stereocenters. The van der Waals surface area contributed by atoms with Crippen LogP contribution in [0, 0.1) is 5.92 Å². The Morgan fingerprint density at radius 2 is 1.94 bits per heavy atom. The number of amides is 2. The van der Waals surface area contributed by atoms with Gasteiger partial charge in [-0.05, 0) is 31.6 Å². The first-order chi connectivity index (χ1) is 8.77. The van der Waals surface area contributed by atoms with Crippen molar-refractivity contribution in [1.82, 2.24) is 10.2 Å². The zero-order valence-electron chi connectivity index (χ0n) is 11.5. The standard InChI is InChI=1S/C14H26N2O2/c1-12-6-2-3-7-13(12)18-11-8-15-14(17)16-9-4-5-10-16/h12-13H,2-11H2,1H3,(H,15,17)/t12-,13+/m1/s1. The molecule has 2 fully saturated rings. The van der Waals surface area contributed by atoms with Crippen LogP contribution in [0.15, 0.2) is 0 Å². The van der Waals surface area contributed by atoms with E-state index >= 15 is 0 Å². The van der Waals surface area contributed by atoms with Gasteiger partial charge in [0.05, 0.1) is 12.7 Å². The molecule has 0 aromatic heterocycles. The van der Waals surface area contributed by atoms with Gasteiger partial charge in [-0.25, -0.2) is 4.79 Å². The fourth-order valence-electron chi connectivity index (χ4n) is 2.93. The van der Waals surface area contributed by atoms with Crippen LogP contribution in [0.2, 0.25) is 0 Å². The fourth-order valence-corrected chi connectivity index (χ4v) is 2.93. The van der Waals surface area contributed by atoms with Crippen molar-refractivity contribution in [2.75, 3.05) is 26.2 Å². The summed E-state index contributed by atoms with van der Waals surface area (Å²) in [7, 11) is 0. The quantitative estimate of drug-likeness (QED) is 0.783. The lowest BCUT2D eigenvalue weighted by atomic mass is 9.88. The van der Waals surface area contributed by atoms with Crippen molar-refractivity contribution in [2.24, 2.45) is 5.92 Å². The van der Waals surface area contributed by atoms with E-state index in [0.29, 0.717) is 25.2 Å². The van der Waals surface area contributed by atoms with Crippen LogP contribution in [-0.4, -0.2) is 43.3 Å². The first-order valence-electron chi connectivity index (χ1n) is 7.42. The van der Waals surface area contributed by atoms with Gasteiger partial charge in [0.1, 0.15) is 0 Å². The molecule has 0 radical (unpaired) electrons. The van der Waals surface area contributed by atoms with E-state index in [4.69, 9.17) is 4.74 Å². The van der Waals surface area contributed by atoms with Crippen LogP contribution in [0.5, 0.6) is 0 Å². The predicted molar refractivity (Wildman–Crippen MR) is 71.6 cm³/mol. The molecule has 1 aliphatic carbocycles. The topological polar surface area (TPSA) is 41.6 Å². The summed E-state index contributed by atoms with van der Waals surface area (Å²) in [4.78, 5) is 13.6. The predicted octanol–water partition coefficient (Wildman–Crippen LogP) is 2.39. The Morgan fingerprint density at radius 3 is 2.67 bits per heavy atom. The Bertz CT molecular complexity index is 265. The molecule has 2 aliphatic rings. The molecule has 1 saturated heterocycles.